The minimum atomic E-state index is -0.147. The number of carbonyl (C=O) groups excluding carboxylic acids is 1. The lowest BCUT2D eigenvalue weighted by Gasteiger charge is -2.47. The van der Waals surface area contributed by atoms with Gasteiger partial charge in [0, 0.05) is 36.5 Å². The van der Waals surface area contributed by atoms with Crippen molar-refractivity contribution in [2.45, 2.75) is 25.8 Å². The van der Waals surface area contributed by atoms with E-state index in [1.165, 1.54) is 0 Å². The molecular formula is C17H22Cl2N2O3. The summed E-state index contributed by atoms with van der Waals surface area (Å²) in [6.45, 7) is 4.02. The molecule has 2 fully saturated rings. The minimum absolute atomic E-state index is 0.104. The zero-order valence-corrected chi connectivity index (χ0v) is 15.1. The van der Waals surface area contributed by atoms with Crippen molar-refractivity contribution in [3.05, 3.63) is 27.7 Å². The van der Waals surface area contributed by atoms with Crippen LogP contribution in [0.5, 0.6) is 5.75 Å². The molecule has 0 radical (unpaired) electrons. The third-order valence-electron chi connectivity index (χ3n) is 5.02. The maximum Gasteiger partial charge on any atom is 0.222 e. The first-order valence-electron chi connectivity index (χ1n) is 8.12. The predicted octanol–water partition coefficient (Wildman–Crippen LogP) is 2.58. The highest BCUT2D eigenvalue weighted by atomic mass is 35.5. The molecule has 24 heavy (non-hydrogen) atoms. The van der Waals surface area contributed by atoms with Crippen LogP contribution in [-0.4, -0.2) is 47.3 Å². The van der Waals surface area contributed by atoms with Crippen molar-refractivity contribution in [2.24, 2.45) is 11.3 Å². The molecule has 2 saturated heterocycles. The molecule has 2 heterocycles. The summed E-state index contributed by atoms with van der Waals surface area (Å²) >= 11 is 12.3. The normalized spacial score (nSPS) is 25.6. The Kier molecular flexibility index (Phi) is 4.98. The second-order valence-corrected chi connectivity index (χ2v) is 8.06. The van der Waals surface area contributed by atoms with E-state index >= 15 is 0 Å². The molecule has 2 aliphatic heterocycles. The van der Waals surface area contributed by atoms with Gasteiger partial charge in [0.1, 0.15) is 5.75 Å². The number of halogens is 2. The summed E-state index contributed by atoms with van der Waals surface area (Å²) in [5.41, 5.74) is 0.461. The molecule has 3 N–H and O–H groups in total. The third kappa shape index (κ3) is 3.36. The van der Waals surface area contributed by atoms with Crippen LogP contribution in [0.25, 0.3) is 0 Å². The second-order valence-electron chi connectivity index (χ2n) is 7.28. The third-order valence-corrected chi connectivity index (χ3v) is 5.84. The van der Waals surface area contributed by atoms with Crippen LogP contribution in [0.3, 0.4) is 0 Å². The summed E-state index contributed by atoms with van der Waals surface area (Å²) in [5, 5.41) is 23.5. The number of likely N-dealkylation sites (tertiary alicyclic amines) is 1. The van der Waals surface area contributed by atoms with Gasteiger partial charge in [-0.15, -0.1) is 0 Å². The molecule has 0 spiro atoms. The van der Waals surface area contributed by atoms with Crippen LogP contribution in [0.15, 0.2) is 12.1 Å². The van der Waals surface area contributed by atoms with E-state index < -0.39 is 0 Å². The van der Waals surface area contributed by atoms with Gasteiger partial charge < -0.3 is 20.4 Å². The SMILES string of the molecule is CC1(CO)CN(C(=O)C[C@H]2CN[C@@H](c3c(O)ccc(Cl)c3Cl)C2)C1. The Morgan fingerprint density at radius 3 is 2.79 bits per heavy atom. The Labute approximate surface area is 151 Å². The van der Waals surface area contributed by atoms with E-state index in [1.54, 1.807) is 17.0 Å². The summed E-state index contributed by atoms with van der Waals surface area (Å²) in [6.07, 6.45) is 1.19. The van der Waals surface area contributed by atoms with Crippen LogP contribution >= 0.6 is 23.2 Å². The standard InChI is InChI=1S/C17H22Cl2N2O3/c1-17(9-22)7-21(8-17)14(24)5-10-4-12(20-6-10)15-13(23)3-2-11(18)16(15)19/h2-3,10,12,20,22-23H,4-9H2,1H3/t10-,12+/m0/s1. The first kappa shape index (κ1) is 17.8. The number of aliphatic hydroxyl groups excluding tert-OH is 1. The van der Waals surface area contributed by atoms with Crippen LogP contribution in [-0.2, 0) is 4.79 Å². The van der Waals surface area contributed by atoms with Crippen LogP contribution in [0.1, 0.15) is 31.4 Å². The largest absolute Gasteiger partial charge is 0.508 e. The number of hydrogen-bond donors (Lipinski definition) is 3. The Hall–Kier alpha value is -1.01. The van der Waals surface area contributed by atoms with Gasteiger partial charge in [0.25, 0.3) is 0 Å². The van der Waals surface area contributed by atoms with Gasteiger partial charge in [-0.2, -0.15) is 0 Å². The van der Waals surface area contributed by atoms with Crippen molar-refractivity contribution in [3.8, 4) is 5.75 Å². The first-order chi connectivity index (χ1) is 11.3. The Morgan fingerprint density at radius 2 is 2.12 bits per heavy atom. The molecule has 0 unspecified atom stereocenters. The fraction of sp³-hybridized carbons (Fsp3) is 0.588. The number of aromatic hydroxyl groups is 1. The quantitative estimate of drug-likeness (QED) is 0.759. The van der Waals surface area contributed by atoms with E-state index in [0.29, 0.717) is 41.7 Å². The summed E-state index contributed by atoms with van der Waals surface area (Å²) in [4.78, 5) is 14.1. The van der Waals surface area contributed by atoms with Crippen molar-refractivity contribution in [2.75, 3.05) is 26.2 Å². The van der Waals surface area contributed by atoms with Gasteiger partial charge >= 0.3 is 0 Å². The number of phenolic OH excluding ortho intramolecular Hbond substituents is 1. The second kappa shape index (κ2) is 6.71. The van der Waals surface area contributed by atoms with Crippen LogP contribution in [0.4, 0.5) is 0 Å². The molecule has 7 heteroatoms. The lowest BCUT2D eigenvalue weighted by Crippen LogP contribution is -2.58. The van der Waals surface area contributed by atoms with Crippen molar-refractivity contribution in [3.63, 3.8) is 0 Å². The summed E-state index contributed by atoms with van der Waals surface area (Å²) in [6, 6.07) is 3.01. The van der Waals surface area contributed by atoms with E-state index in [1.807, 2.05) is 6.92 Å². The van der Waals surface area contributed by atoms with E-state index in [9.17, 15) is 15.0 Å². The number of nitrogens with one attached hydrogen (secondary N) is 1. The van der Waals surface area contributed by atoms with Crippen molar-refractivity contribution in [1.82, 2.24) is 10.2 Å². The number of rotatable bonds is 4. The molecule has 132 valence electrons. The number of hydrogen-bond acceptors (Lipinski definition) is 4. The van der Waals surface area contributed by atoms with E-state index in [0.717, 1.165) is 6.42 Å². The van der Waals surface area contributed by atoms with Gasteiger partial charge in [-0.1, -0.05) is 30.1 Å². The topological polar surface area (TPSA) is 72.8 Å². The number of nitrogens with zero attached hydrogens (tertiary/aromatic N) is 1. The molecule has 1 aromatic rings. The molecule has 3 rings (SSSR count). The molecule has 0 aliphatic carbocycles. The number of amides is 1. The first-order valence-corrected chi connectivity index (χ1v) is 8.87. The number of carbonyl (C=O) groups is 1. The van der Waals surface area contributed by atoms with Crippen LogP contribution in [0.2, 0.25) is 10.0 Å². The van der Waals surface area contributed by atoms with Gasteiger partial charge in [-0.05, 0) is 31.0 Å². The summed E-state index contributed by atoms with van der Waals surface area (Å²) in [5.74, 6) is 0.433. The lowest BCUT2D eigenvalue weighted by molar-refractivity contribution is -0.145. The lowest BCUT2D eigenvalue weighted by atomic mass is 9.82. The molecule has 0 aromatic heterocycles. The molecule has 1 amide bonds. The van der Waals surface area contributed by atoms with Crippen molar-refractivity contribution >= 4 is 29.1 Å². The van der Waals surface area contributed by atoms with Gasteiger partial charge in [0.15, 0.2) is 0 Å². The van der Waals surface area contributed by atoms with Crippen LogP contribution in [0, 0.1) is 11.3 Å². The maximum absolute atomic E-state index is 12.3. The zero-order valence-electron chi connectivity index (χ0n) is 13.6. The molecule has 5 nitrogen and oxygen atoms in total. The highest BCUT2D eigenvalue weighted by molar-refractivity contribution is 6.42. The maximum atomic E-state index is 12.3. The van der Waals surface area contributed by atoms with E-state index in [-0.39, 0.29) is 35.6 Å². The molecule has 0 bridgehead atoms. The Balaban J connectivity index is 1.59. The smallest absolute Gasteiger partial charge is 0.222 e. The van der Waals surface area contributed by atoms with Gasteiger partial charge in [-0.25, -0.2) is 0 Å². The highest BCUT2D eigenvalue weighted by Crippen LogP contribution is 2.41. The number of aliphatic hydroxyl groups is 1. The zero-order chi connectivity index (χ0) is 17.5. The molecule has 2 atom stereocenters. The Bertz CT molecular complexity index is 647. The summed E-state index contributed by atoms with van der Waals surface area (Å²) in [7, 11) is 0. The average molecular weight is 373 g/mol. The van der Waals surface area contributed by atoms with Crippen molar-refractivity contribution in [1.29, 1.82) is 0 Å². The van der Waals surface area contributed by atoms with Crippen molar-refractivity contribution < 1.29 is 15.0 Å². The van der Waals surface area contributed by atoms with E-state index in [4.69, 9.17) is 23.2 Å². The number of benzene rings is 1. The molecule has 1 aromatic carbocycles. The van der Waals surface area contributed by atoms with Crippen LogP contribution < -0.4 is 5.32 Å². The molecule has 2 aliphatic rings. The molecule has 0 saturated carbocycles. The van der Waals surface area contributed by atoms with Gasteiger partial charge in [0.05, 0.1) is 16.7 Å². The monoisotopic (exact) mass is 372 g/mol. The minimum Gasteiger partial charge on any atom is -0.508 e. The Morgan fingerprint density at radius 1 is 1.42 bits per heavy atom. The average Bonchev–Trinajstić information content (AvgIpc) is 2.96. The van der Waals surface area contributed by atoms with Gasteiger partial charge in [-0.3, -0.25) is 4.79 Å². The summed E-state index contributed by atoms with van der Waals surface area (Å²) < 4.78 is 0. The fourth-order valence-corrected chi connectivity index (χ4v) is 4.06. The highest BCUT2D eigenvalue weighted by Gasteiger charge is 2.41. The number of phenols is 1. The molecular weight excluding hydrogens is 351 g/mol. The van der Waals surface area contributed by atoms with E-state index in [2.05, 4.69) is 5.32 Å². The fourth-order valence-electron chi connectivity index (χ4n) is 3.60. The van der Waals surface area contributed by atoms with Gasteiger partial charge in [0.2, 0.25) is 5.91 Å². The predicted molar refractivity (Wildman–Crippen MR) is 93.4 cm³/mol.